The quantitative estimate of drug-likeness (QED) is 0.408. The zero-order valence-corrected chi connectivity index (χ0v) is 15.8. The molecule has 1 heterocycles. The van der Waals surface area contributed by atoms with Gasteiger partial charge >= 0.3 is 5.97 Å². The summed E-state index contributed by atoms with van der Waals surface area (Å²) >= 11 is 0. The van der Waals surface area contributed by atoms with Crippen molar-refractivity contribution in [1.29, 1.82) is 10.5 Å². The average molecular weight is 378 g/mol. The van der Waals surface area contributed by atoms with E-state index in [0.29, 0.717) is 11.1 Å². The second-order valence-electron chi connectivity index (χ2n) is 6.98. The van der Waals surface area contributed by atoms with Crippen LogP contribution in [0, 0.1) is 22.7 Å². The Morgan fingerprint density at radius 2 is 1.34 bits per heavy atom. The molecule has 1 saturated carbocycles. The molecule has 0 spiro atoms. The molecule has 2 aliphatic rings. The van der Waals surface area contributed by atoms with E-state index in [1.807, 2.05) is 72.8 Å². The molecule has 1 aliphatic carbocycles. The highest BCUT2D eigenvalue weighted by Crippen LogP contribution is 2.44. The number of carbonyl (C=O) groups excluding carboxylic acids is 1. The number of carbonyl (C=O) groups is 1. The molecule has 0 bridgehead atoms. The molecule has 0 aromatic heterocycles. The third-order valence-electron chi connectivity index (χ3n) is 5.26. The lowest BCUT2D eigenvalue weighted by Crippen LogP contribution is -2.02. The van der Waals surface area contributed by atoms with Crippen molar-refractivity contribution in [3.63, 3.8) is 0 Å². The smallest absolute Gasteiger partial charge is 0.344 e. The number of allylic oxidation sites excluding steroid dienone is 3. The number of benzene rings is 2. The van der Waals surface area contributed by atoms with Crippen molar-refractivity contribution >= 4 is 11.5 Å². The SMILES string of the molecule is N#CC(C#N)=C1OC(=O)C(=C2CCCC2)C1=C(c1ccccc1)c1ccccc1. The molecule has 0 amide bonds. The van der Waals surface area contributed by atoms with E-state index in [1.54, 1.807) is 0 Å². The Labute approximate surface area is 169 Å². The second kappa shape index (κ2) is 8.00. The fourth-order valence-electron chi connectivity index (χ4n) is 3.99. The molecule has 1 aliphatic heterocycles. The molecule has 2 aromatic carbocycles. The molecule has 29 heavy (non-hydrogen) atoms. The topological polar surface area (TPSA) is 73.9 Å². The van der Waals surface area contributed by atoms with Crippen LogP contribution in [0.4, 0.5) is 0 Å². The molecule has 4 nitrogen and oxygen atoms in total. The minimum Gasteiger partial charge on any atom is -0.420 e. The molecule has 4 rings (SSSR count). The summed E-state index contributed by atoms with van der Waals surface area (Å²) in [6, 6.07) is 23.2. The van der Waals surface area contributed by atoms with Gasteiger partial charge in [0.2, 0.25) is 0 Å². The van der Waals surface area contributed by atoms with E-state index in [1.165, 1.54) is 0 Å². The van der Waals surface area contributed by atoms with Gasteiger partial charge in [-0.25, -0.2) is 4.79 Å². The molecule has 2 aromatic rings. The Bertz CT molecular complexity index is 1080. The van der Waals surface area contributed by atoms with Gasteiger partial charge in [0.05, 0.1) is 5.57 Å². The van der Waals surface area contributed by atoms with Crippen LogP contribution in [0.2, 0.25) is 0 Å². The molecule has 4 heteroatoms. The fraction of sp³-hybridized carbons (Fsp3) is 0.160. The van der Waals surface area contributed by atoms with Crippen molar-refractivity contribution in [2.75, 3.05) is 0 Å². The second-order valence-corrected chi connectivity index (χ2v) is 6.98. The van der Waals surface area contributed by atoms with Crippen LogP contribution < -0.4 is 0 Å². The fourth-order valence-corrected chi connectivity index (χ4v) is 3.99. The first-order valence-corrected chi connectivity index (χ1v) is 9.59. The third kappa shape index (κ3) is 3.37. The molecule has 0 N–H and O–H groups in total. The molecule has 2 fully saturated rings. The van der Waals surface area contributed by atoms with E-state index < -0.39 is 5.97 Å². The van der Waals surface area contributed by atoms with Gasteiger partial charge in [-0.15, -0.1) is 0 Å². The average Bonchev–Trinajstić information content (AvgIpc) is 3.39. The zero-order valence-electron chi connectivity index (χ0n) is 15.8. The summed E-state index contributed by atoms with van der Waals surface area (Å²) in [6.07, 6.45) is 3.70. The highest BCUT2D eigenvalue weighted by Gasteiger charge is 2.38. The van der Waals surface area contributed by atoms with Crippen LogP contribution >= 0.6 is 0 Å². The number of ether oxygens (including phenoxy) is 1. The van der Waals surface area contributed by atoms with Gasteiger partial charge in [-0.2, -0.15) is 10.5 Å². The van der Waals surface area contributed by atoms with Crippen molar-refractivity contribution in [1.82, 2.24) is 0 Å². The Hall–Kier alpha value is -3.89. The van der Waals surface area contributed by atoms with Gasteiger partial charge in [-0.05, 0) is 36.8 Å². The third-order valence-corrected chi connectivity index (χ3v) is 5.26. The van der Waals surface area contributed by atoms with Gasteiger partial charge in [0, 0.05) is 11.1 Å². The molecule has 0 unspecified atom stereocenters. The highest BCUT2D eigenvalue weighted by molar-refractivity contribution is 6.06. The summed E-state index contributed by atoms with van der Waals surface area (Å²) < 4.78 is 5.55. The molecular weight excluding hydrogens is 360 g/mol. The van der Waals surface area contributed by atoms with Crippen molar-refractivity contribution in [3.8, 4) is 12.1 Å². The Kier molecular flexibility index (Phi) is 5.10. The first-order valence-electron chi connectivity index (χ1n) is 9.59. The van der Waals surface area contributed by atoms with Crippen molar-refractivity contribution < 1.29 is 9.53 Å². The van der Waals surface area contributed by atoms with Gasteiger partial charge in [0.1, 0.15) is 12.1 Å². The van der Waals surface area contributed by atoms with Crippen LogP contribution in [0.25, 0.3) is 5.57 Å². The summed E-state index contributed by atoms with van der Waals surface area (Å²) in [5.74, 6) is -0.406. The first kappa shape index (κ1) is 18.5. The Morgan fingerprint density at radius 3 is 1.83 bits per heavy atom. The van der Waals surface area contributed by atoms with E-state index >= 15 is 0 Å². The van der Waals surface area contributed by atoms with Crippen molar-refractivity contribution in [2.24, 2.45) is 0 Å². The lowest BCUT2D eigenvalue weighted by Gasteiger charge is -2.14. The van der Waals surface area contributed by atoms with Crippen LogP contribution in [0.1, 0.15) is 36.8 Å². The van der Waals surface area contributed by atoms with E-state index in [4.69, 9.17) is 4.74 Å². The Balaban J connectivity index is 2.15. The molecule has 0 atom stereocenters. The lowest BCUT2D eigenvalue weighted by molar-refractivity contribution is -0.132. The number of rotatable bonds is 2. The predicted molar refractivity (Wildman–Crippen MR) is 109 cm³/mol. The molecule has 1 saturated heterocycles. The number of nitriles is 2. The summed E-state index contributed by atoms with van der Waals surface area (Å²) in [6.45, 7) is 0. The number of hydrogen-bond acceptors (Lipinski definition) is 4. The van der Waals surface area contributed by atoms with Crippen molar-refractivity contribution in [2.45, 2.75) is 25.7 Å². The van der Waals surface area contributed by atoms with Crippen LogP contribution in [-0.4, -0.2) is 5.97 Å². The van der Waals surface area contributed by atoms with Gasteiger partial charge in [-0.1, -0.05) is 66.2 Å². The number of nitrogens with zero attached hydrogens (tertiary/aromatic N) is 2. The number of hydrogen-bond donors (Lipinski definition) is 0. The largest absolute Gasteiger partial charge is 0.420 e. The highest BCUT2D eigenvalue weighted by atomic mass is 16.5. The maximum atomic E-state index is 12.9. The predicted octanol–water partition coefficient (Wildman–Crippen LogP) is 5.22. The monoisotopic (exact) mass is 378 g/mol. The van der Waals surface area contributed by atoms with E-state index in [2.05, 4.69) is 0 Å². The van der Waals surface area contributed by atoms with Crippen molar-refractivity contribution in [3.05, 3.63) is 99.8 Å². The van der Waals surface area contributed by atoms with E-state index in [-0.39, 0.29) is 11.3 Å². The minimum atomic E-state index is -0.473. The maximum Gasteiger partial charge on any atom is 0.344 e. The zero-order chi connectivity index (χ0) is 20.2. The van der Waals surface area contributed by atoms with Gasteiger partial charge < -0.3 is 4.74 Å². The first-order chi connectivity index (χ1) is 14.2. The minimum absolute atomic E-state index is 0.0668. The number of cyclic esters (lactones) is 1. The lowest BCUT2D eigenvalue weighted by atomic mass is 9.86. The van der Waals surface area contributed by atoms with Crippen LogP contribution in [-0.2, 0) is 9.53 Å². The van der Waals surface area contributed by atoms with Crippen LogP contribution in [0.3, 0.4) is 0 Å². The summed E-state index contributed by atoms with van der Waals surface area (Å²) in [4.78, 5) is 12.9. The van der Waals surface area contributed by atoms with Crippen LogP contribution in [0.15, 0.2) is 88.7 Å². The standard InChI is InChI=1S/C25H18N2O2/c26-15-20(16-27)24-23(22(25(28)29-24)19-13-7-8-14-19)21(17-9-3-1-4-10-17)18-11-5-2-6-12-18/h1-6,9-12H,7-8,13-14H2. The Morgan fingerprint density at radius 1 is 0.828 bits per heavy atom. The molecule has 0 radical (unpaired) electrons. The summed E-state index contributed by atoms with van der Waals surface area (Å²) in [7, 11) is 0. The summed E-state index contributed by atoms with van der Waals surface area (Å²) in [5, 5.41) is 19.0. The van der Waals surface area contributed by atoms with Gasteiger partial charge in [0.15, 0.2) is 11.3 Å². The molecular formula is C25H18N2O2. The number of esters is 1. The molecule has 140 valence electrons. The summed E-state index contributed by atoms with van der Waals surface area (Å²) in [5.41, 5.74) is 4.52. The van der Waals surface area contributed by atoms with Gasteiger partial charge in [-0.3, -0.25) is 0 Å². The maximum absolute atomic E-state index is 12.9. The van der Waals surface area contributed by atoms with Gasteiger partial charge in [0.25, 0.3) is 0 Å². The van der Waals surface area contributed by atoms with E-state index in [0.717, 1.165) is 48.0 Å². The van der Waals surface area contributed by atoms with E-state index in [9.17, 15) is 15.3 Å². The van der Waals surface area contributed by atoms with Crippen LogP contribution in [0.5, 0.6) is 0 Å². The normalized spacial score (nSPS) is 15.7.